The molecule has 1 aliphatic carbocycles. The maximum Gasteiger partial charge on any atom is 0.167 e. The van der Waals surface area contributed by atoms with Crippen LogP contribution in [0.2, 0.25) is 0 Å². The van der Waals surface area contributed by atoms with Crippen LogP contribution in [0.3, 0.4) is 0 Å². The zero-order valence-electron chi connectivity index (χ0n) is 9.70. The number of nitrogens with zero attached hydrogens (tertiary/aromatic N) is 2. The van der Waals surface area contributed by atoms with Gasteiger partial charge in [0.25, 0.3) is 0 Å². The van der Waals surface area contributed by atoms with E-state index in [-0.39, 0.29) is 0 Å². The van der Waals surface area contributed by atoms with E-state index in [1.807, 2.05) is 24.2 Å². The van der Waals surface area contributed by atoms with Gasteiger partial charge < -0.3 is 4.57 Å². The summed E-state index contributed by atoms with van der Waals surface area (Å²) in [6.45, 7) is 2.43. The summed E-state index contributed by atoms with van der Waals surface area (Å²) in [6.07, 6.45) is 10.9. The van der Waals surface area contributed by atoms with Crippen LogP contribution in [0.5, 0.6) is 0 Å². The SMILES string of the molecule is Cn1ccnc1SCCCC1(C)CCC1. The topological polar surface area (TPSA) is 17.8 Å². The van der Waals surface area contributed by atoms with Gasteiger partial charge in [0, 0.05) is 25.2 Å². The van der Waals surface area contributed by atoms with Gasteiger partial charge in [0.2, 0.25) is 0 Å². The fourth-order valence-electron chi connectivity index (χ4n) is 2.18. The Morgan fingerprint density at radius 3 is 2.87 bits per heavy atom. The van der Waals surface area contributed by atoms with Crippen LogP contribution in [0.25, 0.3) is 0 Å². The first-order chi connectivity index (χ1) is 7.20. The van der Waals surface area contributed by atoms with E-state index in [9.17, 15) is 0 Å². The number of thioether (sulfide) groups is 1. The smallest absolute Gasteiger partial charge is 0.167 e. The number of aromatic nitrogens is 2. The fourth-order valence-corrected chi connectivity index (χ4v) is 3.05. The Kier molecular flexibility index (Phi) is 3.39. The molecule has 0 aliphatic heterocycles. The quantitative estimate of drug-likeness (QED) is 0.563. The van der Waals surface area contributed by atoms with E-state index in [4.69, 9.17) is 0 Å². The van der Waals surface area contributed by atoms with E-state index < -0.39 is 0 Å². The Hall–Kier alpha value is -0.440. The van der Waals surface area contributed by atoms with Gasteiger partial charge in [-0.3, -0.25) is 0 Å². The molecular formula is C12H20N2S. The molecule has 1 aromatic rings. The molecule has 2 rings (SSSR count). The first kappa shape index (κ1) is 11.1. The van der Waals surface area contributed by atoms with Crippen molar-refractivity contribution in [3.63, 3.8) is 0 Å². The van der Waals surface area contributed by atoms with Crippen molar-refractivity contribution >= 4 is 11.8 Å². The molecule has 15 heavy (non-hydrogen) atoms. The Morgan fingerprint density at radius 1 is 1.53 bits per heavy atom. The van der Waals surface area contributed by atoms with Gasteiger partial charge in [-0.1, -0.05) is 25.1 Å². The molecule has 0 atom stereocenters. The maximum absolute atomic E-state index is 4.31. The van der Waals surface area contributed by atoms with Gasteiger partial charge in [0.05, 0.1) is 0 Å². The highest BCUT2D eigenvalue weighted by molar-refractivity contribution is 7.99. The molecule has 1 aromatic heterocycles. The molecule has 0 saturated heterocycles. The van der Waals surface area contributed by atoms with E-state index in [1.54, 1.807) is 0 Å². The van der Waals surface area contributed by atoms with Crippen molar-refractivity contribution in [2.24, 2.45) is 12.5 Å². The third kappa shape index (κ3) is 2.77. The lowest BCUT2D eigenvalue weighted by molar-refractivity contribution is 0.146. The molecule has 2 nitrogen and oxygen atoms in total. The van der Waals surface area contributed by atoms with Crippen molar-refractivity contribution in [3.05, 3.63) is 12.4 Å². The molecule has 1 saturated carbocycles. The van der Waals surface area contributed by atoms with E-state index in [0.717, 1.165) is 5.16 Å². The summed E-state index contributed by atoms with van der Waals surface area (Å²) < 4.78 is 2.09. The van der Waals surface area contributed by atoms with Crippen LogP contribution in [-0.2, 0) is 7.05 Å². The molecule has 0 spiro atoms. The first-order valence-electron chi connectivity index (χ1n) is 5.80. The largest absolute Gasteiger partial charge is 0.329 e. The van der Waals surface area contributed by atoms with Crippen molar-refractivity contribution in [2.45, 2.75) is 44.2 Å². The van der Waals surface area contributed by atoms with Crippen LogP contribution in [0, 0.1) is 5.41 Å². The Balaban J connectivity index is 1.65. The summed E-state index contributed by atoms with van der Waals surface area (Å²) in [4.78, 5) is 4.31. The van der Waals surface area contributed by atoms with E-state index >= 15 is 0 Å². The maximum atomic E-state index is 4.31. The lowest BCUT2D eigenvalue weighted by Crippen LogP contribution is -2.25. The molecule has 0 bridgehead atoms. The second-order valence-electron chi connectivity index (χ2n) is 4.94. The van der Waals surface area contributed by atoms with Crippen molar-refractivity contribution < 1.29 is 0 Å². The third-order valence-electron chi connectivity index (χ3n) is 3.49. The van der Waals surface area contributed by atoms with Crippen LogP contribution in [0.4, 0.5) is 0 Å². The van der Waals surface area contributed by atoms with E-state index in [2.05, 4.69) is 23.5 Å². The monoisotopic (exact) mass is 224 g/mol. The fraction of sp³-hybridized carbons (Fsp3) is 0.750. The lowest BCUT2D eigenvalue weighted by atomic mass is 9.68. The molecule has 1 heterocycles. The zero-order valence-corrected chi connectivity index (χ0v) is 10.5. The number of imidazole rings is 1. The molecule has 0 unspecified atom stereocenters. The summed E-state index contributed by atoms with van der Waals surface area (Å²) >= 11 is 1.88. The molecule has 1 fully saturated rings. The van der Waals surface area contributed by atoms with E-state index in [0.29, 0.717) is 5.41 Å². The molecule has 0 amide bonds. The van der Waals surface area contributed by atoms with Gasteiger partial charge in [0.1, 0.15) is 0 Å². The summed E-state index contributed by atoms with van der Waals surface area (Å²) in [5, 5.41) is 1.15. The van der Waals surface area contributed by atoms with Crippen LogP contribution >= 0.6 is 11.8 Å². The Labute approximate surface area is 96.5 Å². The minimum absolute atomic E-state index is 0.683. The molecule has 0 radical (unpaired) electrons. The number of hydrogen-bond donors (Lipinski definition) is 0. The molecule has 0 aromatic carbocycles. The zero-order chi connectivity index (χ0) is 10.7. The van der Waals surface area contributed by atoms with E-state index in [1.165, 1.54) is 37.9 Å². The number of rotatable bonds is 5. The second kappa shape index (κ2) is 4.60. The predicted molar refractivity (Wildman–Crippen MR) is 65.1 cm³/mol. The van der Waals surface area contributed by atoms with Gasteiger partial charge in [-0.15, -0.1) is 0 Å². The summed E-state index contributed by atoms with van der Waals surface area (Å²) in [5.74, 6) is 1.21. The average molecular weight is 224 g/mol. The summed E-state index contributed by atoms with van der Waals surface area (Å²) in [6, 6.07) is 0. The highest BCUT2D eigenvalue weighted by atomic mass is 32.2. The Morgan fingerprint density at radius 2 is 2.33 bits per heavy atom. The normalized spacial score (nSPS) is 18.8. The first-order valence-corrected chi connectivity index (χ1v) is 6.78. The molecule has 3 heteroatoms. The van der Waals surface area contributed by atoms with Gasteiger partial charge in [-0.05, 0) is 31.1 Å². The van der Waals surface area contributed by atoms with Gasteiger partial charge >= 0.3 is 0 Å². The van der Waals surface area contributed by atoms with Crippen LogP contribution < -0.4 is 0 Å². The minimum atomic E-state index is 0.683. The van der Waals surface area contributed by atoms with Crippen LogP contribution in [-0.4, -0.2) is 15.3 Å². The van der Waals surface area contributed by atoms with Crippen molar-refractivity contribution in [1.29, 1.82) is 0 Å². The van der Waals surface area contributed by atoms with Gasteiger partial charge in [-0.25, -0.2) is 4.98 Å². The minimum Gasteiger partial charge on any atom is -0.329 e. The summed E-state index contributed by atoms with van der Waals surface area (Å²) in [7, 11) is 2.06. The molecule has 1 aliphatic rings. The lowest BCUT2D eigenvalue weighted by Gasteiger charge is -2.38. The molecule has 0 N–H and O–H groups in total. The molecule has 84 valence electrons. The average Bonchev–Trinajstić information content (AvgIpc) is 2.56. The van der Waals surface area contributed by atoms with Crippen molar-refractivity contribution in [2.75, 3.05) is 5.75 Å². The van der Waals surface area contributed by atoms with Crippen molar-refractivity contribution in [1.82, 2.24) is 9.55 Å². The highest BCUT2D eigenvalue weighted by Crippen LogP contribution is 2.44. The van der Waals surface area contributed by atoms with Crippen LogP contribution in [0.1, 0.15) is 39.0 Å². The van der Waals surface area contributed by atoms with Crippen molar-refractivity contribution in [3.8, 4) is 0 Å². The highest BCUT2D eigenvalue weighted by Gasteiger charge is 2.30. The Bertz CT molecular complexity index is 315. The number of aryl methyl sites for hydroxylation is 1. The number of hydrogen-bond acceptors (Lipinski definition) is 2. The van der Waals surface area contributed by atoms with Gasteiger partial charge in [-0.2, -0.15) is 0 Å². The standard InChI is InChI=1S/C12H20N2S/c1-12(5-3-6-12)7-4-10-15-11-13-8-9-14(11)2/h8-9H,3-7,10H2,1-2H3. The van der Waals surface area contributed by atoms with Gasteiger partial charge in [0.15, 0.2) is 5.16 Å². The summed E-state index contributed by atoms with van der Waals surface area (Å²) in [5.41, 5.74) is 0.683. The molecular weight excluding hydrogens is 204 g/mol. The predicted octanol–water partition coefficient (Wildman–Crippen LogP) is 3.48. The second-order valence-corrected chi connectivity index (χ2v) is 6.00. The third-order valence-corrected chi connectivity index (χ3v) is 4.64. The van der Waals surface area contributed by atoms with Crippen LogP contribution in [0.15, 0.2) is 17.6 Å².